The van der Waals surface area contributed by atoms with Crippen molar-refractivity contribution >= 4 is 14.2 Å². The van der Waals surface area contributed by atoms with E-state index >= 15 is 0 Å². The highest BCUT2D eigenvalue weighted by Gasteiger charge is 2.32. The van der Waals surface area contributed by atoms with Crippen molar-refractivity contribution in [3.63, 3.8) is 0 Å². The molecule has 0 radical (unpaired) electrons. The molecule has 1 aromatic rings. The minimum absolute atomic E-state index is 1.04. The summed E-state index contributed by atoms with van der Waals surface area (Å²) < 4.78 is 11.3. The highest BCUT2D eigenvalue weighted by Crippen LogP contribution is 2.20. The fourth-order valence-electron chi connectivity index (χ4n) is 2.41. The molecule has 0 aliphatic rings. The lowest BCUT2D eigenvalue weighted by atomic mass is 10.2. The highest BCUT2D eigenvalue weighted by molar-refractivity contribution is 6.67. The number of anilines is 1. The number of hydrogen-bond donors (Lipinski definition) is 1. The first-order valence-electron chi connectivity index (χ1n) is 7.65. The van der Waals surface area contributed by atoms with Gasteiger partial charge in [0.05, 0.1) is 0 Å². The Morgan fingerprint density at radius 2 is 1.60 bits per heavy atom. The lowest BCUT2D eigenvalue weighted by Crippen LogP contribution is -2.38. The maximum atomic E-state index is 5.63. The van der Waals surface area contributed by atoms with Gasteiger partial charge in [0.2, 0.25) is 0 Å². The van der Waals surface area contributed by atoms with Crippen molar-refractivity contribution in [2.75, 3.05) is 26.1 Å². The second kappa shape index (κ2) is 9.97. The van der Waals surface area contributed by atoms with Crippen LogP contribution in [0.15, 0.2) is 30.3 Å². The van der Waals surface area contributed by atoms with E-state index in [0.717, 1.165) is 18.6 Å². The van der Waals surface area contributed by atoms with E-state index in [2.05, 4.69) is 36.5 Å². The molecule has 1 rings (SSSR count). The average molecular weight is 295 g/mol. The Morgan fingerprint density at radius 1 is 0.950 bits per heavy atom. The molecule has 0 saturated carbocycles. The maximum Gasteiger partial charge on any atom is 0.337 e. The van der Waals surface area contributed by atoms with Crippen LogP contribution in [0.3, 0.4) is 0 Å². The van der Waals surface area contributed by atoms with E-state index in [1.807, 2.05) is 6.07 Å². The number of rotatable bonds is 11. The van der Waals surface area contributed by atoms with E-state index in [0.29, 0.717) is 0 Å². The molecule has 0 aliphatic heterocycles. The summed E-state index contributed by atoms with van der Waals surface area (Å²) in [6.45, 7) is 3.22. The van der Waals surface area contributed by atoms with Gasteiger partial charge in [-0.3, -0.25) is 0 Å². The molecule has 4 heteroatoms. The summed E-state index contributed by atoms with van der Waals surface area (Å²) in [4.78, 5) is 0. The van der Waals surface area contributed by atoms with Crippen molar-refractivity contribution in [1.29, 1.82) is 0 Å². The Kier molecular flexibility index (Phi) is 8.58. The van der Waals surface area contributed by atoms with E-state index in [4.69, 9.17) is 8.85 Å². The first-order chi connectivity index (χ1) is 9.76. The van der Waals surface area contributed by atoms with Gasteiger partial charge in [-0.25, -0.2) is 0 Å². The molecule has 0 heterocycles. The zero-order chi connectivity index (χ0) is 14.7. The summed E-state index contributed by atoms with van der Waals surface area (Å²) in [6.07, 6.45) is 4.96. The Balaban J connectivity index is 2.05. The van der Waals surface area contributed by atoms with Crippen LogP contribution >= 0.6 is 0 Å². The van der Waals surface area contributed by atoms with Gasteiger partial charge < -0.3 is 14.2 Å². The van der Waals surface area contributed by atoms with E-state index in [1.54, 1.807) is 14.2 Å². The molecule has 0 spiro atoms. The summed E-state index contributed by atoms with van der Waals surface area (Å²) >= 11 is 0. The van der Waals surface area contributed by atoms with Gasteiger partial charge in [-0.1, -0.05) is 44.4 Å². The van der Waals surface area contributed by atoms with Crippen molar-refractivity contribution in [3.8, 4) is 0 Å². The van der Waals surface area contributed by atoms with Gasteiger partial charge in [0.25, 0.3) is 0 Å². The molecule has 114 valence electrons. The zero-order valence-electron chi connectivity index (χ0n) is 13.2. The topological polar surface area (TPSA) is 30.5 Å². The normalized spacial score (nSPS) is 11.6. The largest absolute Gasteiger partial charge is 0.398 e. The first-order valence-corrected chi connectivity index (χ1v) is 9.88. The first kappa shape index (κ1) is 17.2. The summed E-state index contributed by atoms with van der Waals surface area (Å²) in [7, 11) is 1.74. The standard InChI is InChI=1S/C16H29NO2Si/c1-4-20(18-2,19-3)15-11-6-5-10-14-17-16-12-8-7-9-13-16/h7-9,12-13,17H,4-6,10-11,14-15H2,1-3H3. The second-order valence-corrected chi connectivity index (χ2v) is 8.97. The van der Waals surface area contributed by atoms with Gasteiger partial charge in [-0.05, 0) is 30.6 Å². The molecule has 1 aromatic carbocycles. The van der Waals surface area contributed by atoms with Gasteiger partial charge in [0.15, 0.2) is 0 Å². The summed E-state index contributed by atoms with van der Waals surface area (Å²) in [5.74, 6) is 0. The lowest BCUT2D eigenvalue weighted by molar-refractivity contribution is 0.241. The van der Waals surface area contributed by atoms with E-state index in [9.17, 15) is 0 Å². The molecule has 0 fully saturated rings. The van der Waals surface area contributed by atoms with Gasteiger partial charge in [0, 0.05) is 26.5 Å². The lowest BCUT2D eigenvalue weighted by Gasteiger charge is -2.25. The summed E-state index contributed by atoms with van der Waals surface area (Å²) in [5, 5.41) is 3.44. The van der Waals surface area contributed by atoms with Crippen LogP contribution in [0.1, 0.15) is 32.6 Å². The summed E-state index contributed by atoms with van der Waals surface area (Å²) in [5.41, 5.74) is 1.21. The third-order valence-corrected chi connectivity index (χ3v) is 7.55. The van der Waals surface area contributed by atoms with Gasteiger partial charge >= 0.3 is 8.56 Å². The van der Waals surface area contributed by atoms with Crippen molar-refractivity contribution in [2.24, 2.45) is 0 Å². The van der Waals surface area contributed by atoms with Crippen LogP contribution in [0, 0.1) is 0 Å². The minimum atomic E-state index is -1.85. The molecular weight excluding hydrogens is 266 g/mol. The van der Waals surface area contributed by atoms with Crippen LogP contribution < -0.4 is 5.32 Å². The Morgan fingerprint density at radius 3 is 2.20 bits per heavy atom. The maximum absolute atomic E-state index is 5.63. The predicted molar refractivity (Wildman–Crippen MR) is 88.5 cm³/mol. The number of para-hydroxylation sites is 1. The van der Waals surface area contributed by atoms with Crippen LogP contribution in [-0.4, -0.2) is 29.3 Å². The van der Waals surface area contributed by atoms with Gasteiger partial charge in [0.1, 0.15) is 0 Å². The van der Waals surface area contributed by atoms with Gasteiger partial charge in [-0.2, -0.15) is 0 Å². The SMILES string of the molecule is CC[Si](CCCCCCNc1ccccc1)(OC)OC. The third-order valence-electron chi connectivity index (χ3n) is 3.87. The molecule has 3 nitrogen and oxygen atoms in total. The number of unbranched alkanes of at least 4 members (excludes halogenated alkanes) is 3. The van der Waals surface area contributed by atoms with Crippen molar-refractivity contribution in [3.05, 3.63) is 30.3 Å². The average Bonchev–Trinajstić information content (AvgIpc) is 2.52. The van der Waals surface area contributed by atoms with E-state index in [-0.39, 0.29) is 0 Å². The molecule has 0 aromatic heterocycles. The molecule has 1 N–H and O–H groups in total. The molecular formula is C16H29NO2Si. The molecule has 0 bridgehead atoms. The van der Waals surface area contributed by atoms with E-state index in [1.165, 1.54) is 31.4 Å². The molecule has 20 heavy (non-hydrogen) atoms. The number of benzene rings is 1. The molecule has 0 saturated heterocycles. The minimum Gasteiger partial charge on any atom is -0.398 e. The monoisotopic (exact) mass is 295 g/mol. The van der Waals surface area contributed by atoms with Crippen LogP contribution in [0.4, 0.5) is 5.69 Å². The van der Waals surface area contributed by atoms with Crippen LogP contribution in [0.2, 0.25) is 12.1 Å². The number of hydrogen-bond acceptors (Lipinski definition) is 3. The van der Waals surface area contributed by atoms with Crippen molar-refractivity contribution < 1.29 is 8.85 Å². The summed E-state index contributed by atoms with van der Waals surface area (Å²) in [6, 6.07) is 12.5. The van der Waals surface area contributed by atoms with Crippen LogP contribution in [0.25, 0.3) is 0 Å². The Hall–Kier alpha value is -0.843. The van der Waals surface area contributed by atoms with Crippen molar-refractivity contribution in [1.82, 2.24) is 0 Å². The molecule has 0 amide bonds. The van der Waals surface area contributed by atoms with E-state index < -0.39 is 8.56 Å². The third kappa shape index (κ3) is 6.07. The Labute approximate surface area is 124 Å². The fraction of sp³-hybridized carbons (Fsp3) is 0.625. The molecule has 0 unspecified atom stereocenters. The zero-order valence-corrected chi connectivity index (χ0v) is 14.2. The van der Waals surface area contributed by atoms with Crippen molar-refractivity contribution in [2.45, 2.75) is 44.7 Å². The van der Waals surface area contributed by atoms with Crippen LogP contribution in [0.5, 0.6) is 0 Å². The smallest absolute Gasteiger partial charge is 0.337 e. The quantitative estimate of drug-likeness (QED) is 0.484. The fourth-order valence-corrected chi connectivity index (χ4v) is 4.71. The second-order valence-electron chi connectivity index (χ2n) is 5.13. The number of nitrogens with one attached hydrogen (secondary N) is 1. The van der Waals surface area contributed by atoms with Gasteiger partial charge in [-0.15, -0.1) is 0 Å². The predicted octanol–water partition coefficient (Wildman–Crippen LogP) is 4.41. The molecule has 0 aliphatic carbocycles. The Bertz CT molecular complexity index is 333. The molecule has 0 atom stereocenters. The van der Waals surface area contributed by atoms with Crippen LogP contribution in [-0.2, 0) is 8.85 Å². The highest BCUT2D eigenvalue weighted by atomic mass is 28.4.